The van der Waals surface area contributed by atoms with E-state index in [0.717, 1.165) is 18.2 Å². The van der Waals surface area contributed by atoms with Crippen molar-refractivity contribution < 1.29 is 26.7 Å². The number of imidazole rings is 1. The van der Waals surface area contributed by atoms with Crippen molar-refractivity contribution in [1.29, 1.82) is 0 Å². The molecule has 1 aliphatic heterocycles. The number of amides is 2. The highest BCUT2D eigenvalue weighted by Gasteiger charge is 2.37. The van der Waals surface area contributed by atoms with Gasteiger partial charge in [-0.15, -0.1) is 11.3 Å². The minimum Gasteiger partial charge on any atom is -0.345 e. The van der Waals surface area contributed by atoms with Gasteiger partial charge in [0.2, 0.25) is 0 Å². The number of nitrogens with one attached hydrogen (secondary N) is 2. The molecule has 0 aliphatic carbocycles. The molecule has 2 amide bonds. The highest BCUT2D eigenvalue weighted by molar-refractivity contribution is 7.15. The molecule has 11 heteroatoms. The van der Waals surface area contributed by atoms with Crippen LogP contribution in [0.5, 0.6) is 0 Å². The van der Waals surface area contributed by atoms with Gasteiger partial charge in [-0.1, -0.05) is 0 Å². The summed E-state index contributed by atoms with van der Waals surface area (Å²) in [6.45, 7) is -0.0374. The van der Waals surface area contributed by atoms with Gasteiger partial charge in [-0.3, -0.25) is 4.90 Å². The number of carbonyl (C=O) groups excluding carboxylic acids is 1. The Labute approximate surface area is 181 Å². The van der Waals surface area contributed by atoms with Gasteiger partial charge in [-0.05, 0) is 48.0 Å². The quantitative estimate of drug-likeness (QED) is 0.373. The lowest BCUT2D eigenvalue weighted by atomic mass is 10.0. The summed E-state index contributed by atoms with van der Waals surface area (Å²) in [6.07, 6.45) is -3.05. The SMILES string of the molecule is O=C1NCC(c2c(F)cc(-c3ccc(C(F)(F)F)s3)cc2F)N1c1ccc2nc[nH]c2c1. The zero-order chi connectivity index (χ0) is 22.6. The molecule has 1 atom stereocenters. The van der Waals surface area contributed by atoms with Crippen LogP contribution in [0.15, 0.2) is 48.8 Å². The van der Waals surface area contributed by atoms with Crippen LogP contribution < -0.4 is 10.2 Å². The van der Waals surface area contributed by atoms with Gasteiger partial charge in [0, 0.05) is 22.7 Å². The van der Waals surface area contributed by atoms with Crippen LogP contribution >= 0.6 is 11.3 Å². The molecule has 5 rings (SSSR count). The summed E-state index contributed by atoms with van der Waals surface area (Å²) in [5.74, 6) is -1.90. The number of halogens is 5. The largest absolute Gasteiger partial charge is 0.425 e. The summed E-state index contributed by atoms with van der Waals surface area (Å²) >= 11 is 0.404. The van der Waals surface area contributed by atoms with E-state index in [0.29, 0.717) is 28.1 Å². The normalized spacial score (nSPS) is 16.7. The lowest BCUT2D eigenvalue weighted by Crippen LogP contribution is -2.30. The van der Waals surface area contributed by atoms with Crippen molar-refractivity contribution in [2.45, 2.75) is 12.2 Å². The molecule has 3 heterocycles. The van der Waals surface area contributed by atoms with Crippen LogP contribution in [0.25, 0.3) is 21.5 Å². The minimum absolute atomic E-state index is 0.00744. The molecule has 0 spiro atoms. The van der Waals surface area contributed by atoms with Crippen molar-refractivity contribution in [2.75, 3.05) is 11.4 Å². The number of carbonyl (C=O) groups is 1. The highest BCUT2D eigenvalue weighted by Crippen LogP contribution is 2.40. The number of fused-ring (bicyclic) bond motifs is 1. The number of anilines is 1. The number of rotatable bonds is 3. The van der Waals surface area contributed by atoms with Gasteiger partial charge in [0.05, 0.1) is 23.4 Å². The van der Waals surface area contributed by atoms with E-state index in [1.165, 1.54) is 17.3 Å². The third-order valence-electron chi connectivity index (χ3n) is 5.24. The Morgan fingerprint density at radius 1 is 1.06 bits per heavy atom. The fraction of sp³-hybridized carbons (Fsp3) is 0.143. The molecular formula is C21H13F5N4OS. The highest BCUT2D eigenvalue weighted by atomic mass is 32.1. The average Bonchev–Trinajstić information content (AvgIpc) is 3.46. The molecule has 2 aromatic heterocycles. The predicted molar refractivity (Wildman–Crippen MR) is 109 cm³/mol. The lowest BCUT2D eigenvalue weighted by molar-refractivity contribution is -0.134. The summed E-state index contributed by atoms with van der Waals surface area (Å²) in [7, 11) is 0. The Morgan fingerprint density at radius 2 is 1.81 bits per heavy atom. The minimum atomic E-state index is -4.54. The van der Waals surface area contributed by atoms with Gasteiger partial charge in [-0.25, -0.2) is 18.6 Å². The molecule has 4 aromatic rings. The molecular weight excluding hydrogens is 451 g/mol. The van der Waals surface area contributed by atoms with Gasteiger partial charge in [0.1, 0.15) is 16.5 Å². The van der Waals surface area contributed by atoms with Crippen LogP contribution in [-0.2, 0) is 6.18 Å². The van der Waals surface area contributed by atoms with E-state index in [9.17, 15) is 18.0 Å². The van der Waals surface area contributed by atoms with Crippen LogP contribution in [-0.4, -0.2) is 22.5 Å². The molecule has 0 bridgehead atoms. The van der Waals surface area contributed by atoms with Crippen molar-refractivity contribution >= 4 is 34.1 Å². The smallest absolute Gasteiger partial charge is 0.345 e. The van der Waals surface area contributed by atoms with Crippen LogP contribution in [0.3, 0.4) is 0 Å². The van der Waals surface area contributed by atoms with Gasteiger partial charge >= 0.3 is 12.2 Å². The lowest BCUT2D eigenvalue weighted by Gasteiger charge is -2.24. The van der Waals surface area contributed by atoms with Gasteiger partial charge in [0.25, 0.3) is 0 Å². The number of benzene rings is 2. The van der Waals surface area contributed by atoms with E-state index in [1.54, 1.807) is 18.2 Å². The second-order valence-corrected chi connectivity index (χ2v) is 8.27. The summed E-state index contributed by atoms with van der Waals surface area (Å²) in [4.78, 5) is 20.0. The first-order chi connectivity index (χ1) is 15.2. The zero-order valence-corrected chi connectivity index (χ0v) is 16.8. The van der Waals surface area contributed by atoms with Crippen LogP contribution in [0.4, 0.5) is 32.4 Å². The molecule has 1 fully saturated rings. The Hall–Kier alpha value is -3.47. The van der Waals surface area contributed by atoms with Gasteiger partial charge < -0.3 is 10.3 Å². The maximum absolute atomic E-state index is 15.1. The topological polar surface area (TPSA) is 61.0 Å². The fourth-order valence-corrected chi connectivity index (χ4v) is 4.65. The molecule has 32 heavy (non-hydrogen) atoms. The molecule has 5 nitrogen and oxygen atoms in total. The molecule has 164 valence electrons. The van der Waals surface area contributed by atoms with Crippen LogP contribution in [0.2, 0.25) is 0 Å². The average molecular weight is 464 g/mol. The van der Waals surface area contributed by atoms with Crippen molar-refractivity contribution in [2.24, 2.45) is 0 Å². The Morgan fingerprint density at radius 3 is 2.50 bits per heavy atom. The van der Waals surface area contributed by atoms with E-state index in [-0.39, 0.29) is 22.5 Å². The standard InChI is InChI=1S/C21H13F5N4OS/c22-12-5-10(17-3-4-18(32-17)21(24,25)26)6-13(23)19(12)16-8-27-20(31)30(16)11-1-2-14-15(7-11)29-9-28-14/h1-7,9,16H,8H2,(H,27,31)(H,28,29). The Bertz CT molecular complexity index is 1320. The van der Waals surface area contributed by atoms with E-state index in [2.05, 4.69) is 15.3 Å². The number of aromatic nitrogens is 2. The first kappa shape index (κ1) is 20.4. The Kier molecular flexibility index (Phi) is 4.66. The molecule has 0 radical (unpaired) electrons. The number of H-pyrrole nitrogens is 1. The fourth-order valence-electron chi connectivity index (χ4n) is 3.79. The number of thiophene rings is 1. The summed E-state index contributed by atoms with van der Waals surface area (Å²) in [5, 5.41) is 2.58. The number of hydrogen-bond acceptors (Lipinski definition) is 3. The van der Waals surface area contributed by atoms with Gasteiger partial charge in [-0.2, -0.15) is 13.2 Å². The monoisotopic (exact) mass is 464 g/mol. The second-order valence-electron chi connectivity index (χ2n) is 7.19. The van der Waals surface area contributed by atoms with Crippen molar-refractivity contribution in [3.8, 4) is 10.4 Å². The van der Waals surface area contributed by atoms with E-state index >= 15 is 8.78 Å². The van der Waals surface area contributed by atoms with E-state index in [1.807, 2.05) is 0 Å². The first-order valence-electron chi connectivity index (χ1n) is 9.39. The number of urea groups is 1. The molecule has 1 saturated heterocycles. The third-order valence-corrected chi connectivity index (χ3v) is 6.42. The molecule has 2 aromatic carbocycles. The summed E-state index contributed by atoms with van der Waals surface area (Å²) in [6, 6.07) is 7.46. The third kappa shape index (κ3) is 3.38. The van der Waals surface area contributed by atoms with Gasteiger partial charge in [0.15, 0.2) is 0 Å². The van der Waals surface area contributed by atoms with Crippen LogP contribution in [0, 0.1) is 11.6 Å². The summed E-state index contributed by atoms with van der Waals surface area (Å²) < 4.78 is 68.8. The number of nitrogens with zero attached hydrogens (tertiary/aromatic N) is 2. The first-order valence-corrected chi connectivity index (χ1v) is 10.2. The molecule has 2 N–H and O–H groups in total. The maximum atomic E-state index is 15.1. The van der Waals surface area contributed by atoms with Crippen LogP contribution in [0.1, 0.15) is 16.5 Å². The summed E-state index contributed by atoms with van der Waals surface area (Å²) in [5.41, 5.74) is 1.38. The molecule has 1 aliphatic rings. The second kappa shape index (κ2) is 7.30. The molecule has 1 unspecified atom stereocenters. The maximum Gasteiger partial charge on any atom is 0.425 e. The number of hydrogen-bond donors (Lipinski definition) is 2. The number of aromatic amines is 1. The van der Waals surface area contributed by atoms with Crippen molar-refractivity contribution in [1.82, 2.24) is 15.3 Å². The van der Waals surface area contributed by atoms with E-state index in [4.69, 9.17) is 0 Å². The van der Waals surface area contributed by atoms with E-state index < -0.39 is 34.8 Å². The Balaban J connectivity index is 1.53. The predicted octanol–water partition coefficient (Wildman–Crippen LogP) is 5.86. The zero-order valence-electron chi connectivity index (χ0n) is 16.0. The molecule has 0 saturated carbocycles. The van der Waals surface area contributed by atoms with Crippen molar-refractivity contribution in [3.05, 3.63) is 70.9 Å². The number of alkyl halides is 3. The van der Waals surface area contributed by atoms with Crippen molar-refractivity contribution in [3.63, 3.8) is 0 Å².